The molecule has 4 nitrogen and oxygen atoms in total. The van der Waals surface area contributed by atoms with Gasteiger partial charge in [-0.05, 0) is 36.2 Å². The number of carbonyl (C=O) groups excluding carboxylic acids is 1. The van der Waals surface area contributed by atoms with Gasteiger partial charge in [-0.1, -0.05) is 12.1 Å². The van der Waals surface area contributed by atoms with Crippen LogP contribution >= 0.6 is 0 Å². The van der Waals surface area contributed by atoms with Gasteiger partial charge in [-0.25, -0.2) is 9.37 Å². The van der Waals surface area contributed by atoms with E-state index in [0.29, 0.717) is 24.3 Å². The van der Waals surface area contributed by atoms with Crippen molar-refractivity contribution >= 4 is 11.7 Å². The molecule has 0 unspecified atom stereocenters. The Balaban J connectivity index is 1.85. The van der Waals surface area contributed by atoms with Crippen LogP contribution in [-0.4, -0.2) is 24.5 Å². The zero-order valence-corrected chi connectivity index (χ0v) is 11.2. The Hall–Kier alpha value is -2.43. The summed E-state index contributed by atoms with van der Waals surface area (Å²) >= 11 is 0. The molecule has 1 aromatic heterocycles. The number of anilines is 1. The highest BCUT2D eigenvalue weighted by Crippen LogP contribution is 2.05. The zero-order valence-electron chi connectivity index (χ0n) is 11.2. The molecule has 2 N–H and O–H groups in total. The van der Waals surface area contributed by atoms with Gasteiger partial charge in [-0.2, -0.15) is 0 Å². The van der Waals surface area contributed by atoms with E-state index in [1.807, 2.05) is 6.07 Å². The first-order valence-corrected chi connectivity index (χ1v) is 6.35. The average Bonchev–Trinajstić information content (AvgIpc) is 2.47. The molecule has 2 aromatic rings. The summed E-state index contributed by atoms with van der Waals surface area (Å²) in [5.41, 5.74) is 1.36. The molecule has 20 heavy (non-hydrogen) atoms. The number of halogens is 1. The molecule has 0 aliphatic rings. The number of nitrogens with zero attached hydrogens (tertiary/aromatic N) is 1. The fraction of sp³-hybridized carbons (Fsp3) is 0.200. The molecule has 0 bridgehead atoms. The van der Waals surface area contributed by atoms with Crippen molar-refractivity contribution in [1.29, 1.82) is 0 Å². The third kappa shape index (κ3) is 3.78. The van der Waals surface area contributed by atoms with Gasteiger partial charge >= 0.3 is 0 Å². The van der Waals surface area contributed by atoms with Gasteiger partial charge in [0, 0.05) is 19.8 Å². The highest BCUT2D eigenvalue weighted by molar-refractivity contribution is 5.94. The second-order valence-electron chi connectivity index (χ2n) is 4.32. The zero-order chi connectivity index (χ0) is 14.4. The van der Waals surface area contributed by atoms with Crippen LogP contribution in [0, 0.1) is 5.82 Å². The minimum Gasteiger partial charge on any atom is -0.373 e. The molecule has 0 fully saturated rings. The average molecular weight is 273 g/mol. The Morgan fingerprint density at radius 2 is 2.15 bits per heavy atom. The van der Waals surface area contributed by atoms with Crippen molar-refractivity contribution in [3.8, 4) is 0 Å². The summed E-state index contributed by atoms with van der Waals surface area (Å²) < 4.78 is 13.0. The van der Waals surface area contributed by atoms with E-state index in [2.05, 4.69) is 15.6 Å². The van der Waals surface area contributed by atoms with Crippen molar-refractivity contribution in [2.24, 2.45) is 0 Å². The van der Waals surface area contributed by atoms with Crippen LogP contribution in [0.3, 0.4) is 0 Å². The molecule has 0 aliphatic carbocycles. The fourth-order valence-corrected chi connectivity index (χ4v) is 1.79. The molecule has 0 saturated heterocycles. The second-order valence-corrected chi connectivity index (χ2v) is 4.32. The Labute approximate surface area is 117 Å². The number of pyridine rings is 1. The number of amides is 1. The summed E-state index contributed by atoms with van der Waals surface area (Å²) in [7, 11) is 1.76. The van der Waals surface area contributed by atoms with Crippen molar-refractivity contribution in [1.82, 2.24) is 10.3 Å². The number of rotatable bonds is 5. The standard InChI is InChI=1S/C15H16FN3O/c1-17-14-6-5-12(10-19-14)15(20)18-8-7-11-3-2-4-13(16)9-11/h2-6,9-10H,7-8H2,1H3,(H,17,19)(H,18,20). The summed E-state index contributed by atoms with van der Waals surface area (Å²) in [5.74, 6) is 0.263. The predicted octanol–water partition coefficient (Wildman–Crippen LogP) is 2.23. The van der Waals surface area contributed by atoms with E-state index in [1.165, 1.54) is 18.3 Å². The maximum Gasteiger partial charge on any atom is 0.252 e. The van der Waals surface area contributed by atoms with Gasteiger partial charge in [0.15, 0.2) is 0 Å². The summed E-state index contributed by atoms with van der Waals surface area (Å²) in [4.78, 5) is 15.9. The number of nitrogens with one attached hydrogen (secondary N) is 2. The number of hydrogen-bond donors (Lipinski definition) is 2. The highest BCUT2D eigenvalue weighted by atomic mass is 19.1. The van der Waals surface area contributed by atoms with Gasteiger partial charge in [0.05, 0.1) is 5.56 Å². The third-order valence-corrected chi connectivity index (χ3v) is 2.87. The quantitative estimate of drug-likeness (QED) is 0.878. The van der Waals surface area contributed by atoms with Crippen LogP contribution in [-0.2, 0) is 6.42 Å². The van der Waals surface area contributed by atoms with Crippen molar-refractivity contribution in [2.45, 2.75) is 6.42 Å². The molecule has 0 atom stereocenters. The van der Waals surface area contributed by atoms with Crippen molar-refractivity contribution in [3.05, 3.63) is 59.5 Å². The Bertz CT molecular complexity index is 584. The van der Waals surface area contributed by atoms with Gasteiger partial charge in [0.2, 0.25) is 0 Å². The molecule has 1 aromatic carbocycles. The lowest BCUT2D eigenvalue weighted by molar-refractivity contribution is 0.0954. The first-order valence-electron chi connectivity index (χ1n) is 6.35. The van der Waals surface area contributed by atoms with Crippen molar-refractivity contribution in [3.63, 3.8) is 0 Å². The minimum atomic E-state index is -0.263. The Morgan fingerprint density at radius 1 is 1.30 bits per heavy atom. The molecule has 5 heteroatoms. The molecule has 0 radical (unpaired) electrons. The van der Waals surface area contributed by atoms with Gasteiger partial charge in [-0.3, -0.25) is 4.79 Å². The van der Waals surface area contributed by atoms with E-state index < -0.39 is 0 Å². The van der Waals surface area contributed by atoms with Crippen LogP contribution in [0.15, 0.2) is 42.6 Å². The number of hydrogen-bond acceptors (Lipinski definition) is 3. The van der Waals surface area contributed by atoms with Crippen LogP contribution in [0.1, 0.15) is 15.9 Å². The third-order valence-electron chi connectivity index (χ3n) is 2.87. The lowest BCUT2D eigenvalue weighted by atomic mass is 10.1. The summed E-state index contributed by atoms with van der Waals surface area (Å²) in [6, 6.07) is 9.80. The van der Waals surface area contributed by atoms with E-state index in [1.54, 1.807) is 25.2 Å². The normalized spacial score (nSPS) is 10.1. The van der Waals surface area contributed by atoms with Crippen LogP contribution in [0.4, 0.5) is 10.2 Å². The van der Waals surface area contributed by atoms with Gasteiger partial charge in [0.25, 0.3) is 5.91 Å². The summed E-state index contributed by atoms with van der Waals surface area (Å²) in [5, 5.41) is 5.67. The number of carbonyl (C=O) groups is 1. The Kier molecular flexibility index (Phi) is 4.65. The predicted molar refractivity (Wildman–Crippen MR) is 76.2 cm³/mol. The van der Waals surface area contributed by atoms with Gasteiger partial charge < -0.3 is 10.6 Å². The van der Waals surface area contributed by atoms with E-state index in [-0.39, 0.29) is 11.7 Å². The molecule has 0 spiro atoms. The molecule has 0 saturated carbocycles. The monoisotopic (exact) mass is 273 g/mol. The summed E-state index contributed by atoms with van der Waals surface area (Å²) in [6.45, 7) is 0.454. The van der Waals surface area contributed by atoms with Crippen LogP contribution < -0.4 is 10.6 Å². The fourth-order valence-electron chi connectivity index (χ4n) is 1.79. The van der Waals surface area contributed by atoms with E-state index in [4.69, 9.17) is 0 Å². The van der Waals surface area contributed by atoms with E-state index >= 15 is 0 Å². The number of benzene rings is 1. The first kappa shape index (κ1) is 14.0. The van der Waals surface area contributed by atoms with Gasteiger partial charge in [-0.15, -0.1) is 0 Å². The second kappa shape index (κ2) is 6.65. The van der Waals surface area contributed by atoms with Crippen molar-refractivity contribution < 1.29 is 9.18 Å². The molecular formula is C15H16FN3O. The minimum absolute atomic E-state index is 0.184. The lowest BCUT2D eigenvalue weighted by Crippen LogP contribution is -2.25. The van der Waals surface area contributed by atoms with Crippen LogP contribution in [0.2, 0.25) is 0 Å². The number of aromatic nitrogens is 1. The van der Waals surface area contributed by atoms with Gasteiger partial charge in [0.1, 0.15) is 11.6 Å². The topological polar surface area (TPSA) is 54.0 Å². The molecule has 1 heterocycles. The largest absolute Gasteiger partial charge is 0.373 e. The molecular weight excluding hydrogens is 257 g/mol. The molecule has 2 rings (SSSR count). The highest BCUT2D eigenvalue weighted by Gasteiger charge is 2.05. The van der Waals surface area contributed by atoms with Crippen molar-refractivity contribution in [2.75, 3.05) is 18.9 Å². The summed E-state index contributed by atoms with van der Waals surface area (Å²) in [6.07, 6.45) is 2.11. The SMILES string of the molecule is CNc1ccc(C(=O)NCCc2cccc(F)c2)cn1. The molecule has 104 valence electrons. The van der Waals surface area contributed by atoms with Crippen LogP contribution in [0.5, 0.6) is 0 Å². The molecule has 1 amide bonds. The van der Waals surface area contributed by atoms with Crippen LogP contribution in [0.25, 0.3) is 0 Å². The van der Waals surface area contributed by atoms with E-state index in [9.17, 15) is 9.18 Å². The maximum atomic E-state index is 13.0. The molecule has 0 aliphatic heterocycles. The lowest BCUT2D eigenvalue weighted by Gasteiger charge is -2.06. The van der Waals surface area contributed by atoms with E-state index in [0.717, 1.165) is 5.56 Å². The first-order chi connectivity index (χ1) is 9.69. The Morgan fingerprint density at radius 3 is 2.80 bits per heavy atom. The maximum absolute atomic E-state index is 13.0. The smallest absolute Gasteiger partial charge is 0.252 e.